The van der Waals surface area contributed by atoms with Gasteiger partial charge in [0.05, 0.1) is 6.42 Å². The fourth-order valence-electron chi connectivity index (χ4n) is 1.61. The van der Waals surface area contributed by atoms with Crippen LogP contribution in [0.5, 0.6) is 0 Å². The molecule has 6 heteroatoms. The molecule has 0 radical (unpaired) electrons. The van der Waals surface area contributed by atoms with Crippen molar-refractivity contribution in [1.82, 2.24) is 9.36 Å². The highest BCUT2D eigenvalue weighted by Crippen LogP contribution is 2.13. The van der Waals surface area contributed by atoms with E-state index in [0.29, 0.717) is 23.9 Å². The van der Waals surface area contributed by atoms with Crippen LogP contribution in [-0.2, 0) is 17.8 Å². The molecule has 1 aromatic heterocycles. The maximum atomic E-state index is 11.8. The van der Waals surface area contributed by atoms with E-state index in [0.717, 1.165) is 11.1 Å². The van der Waals surface area contributed by atoms with Gasteiger partial charge < -0.3 is 11.1 Å². The number of aryl methyl sites for hydroxylation is 1. The molecule has 18 heavy (non-hydrogen) atoms. The standard InChI is InChI=1S/C12H14N4OS/c1-8-14-12(18-16-8)15-11(17)6-9-4-2-3-5-10(9)7-13/h2-5H,6-7,13H2,1H3,(H,14,15,16,17). The minimum atomic E-state index is -0.105. The van der Waals surface area contributed by atoms with Crippen LogP contribution in [0.2, 0.25) is 0 Å². The molecule has 1 aromatic carbocycles. The summed E-state index contributed by atoms with van der Waals surface area (Å²) >= 11 is 1.18. The Bertz CT molecular complexity index is 553. The van der Waals surface area contributed by atoms with Crippen LogP contribution in [0.15, 0.2) is 24.3 Å². The van der Waals surface area contributed by atoms with Gasteiger partial charge in [0, 0.05) is 18.1 Å². The minimum Gasteiger partial charge on any atom is -0.326 e. The van der Waals surface area contributed by atoms with Crippen LogP contribution in [-0.4, -0.2) is 15.3 Å². The molecule has 5 nitrogen and oxygen atoms in total. The zero-order valence-corrected chi connectivity index (χ0v) is 10.8. The molecular weight excluding hydrogens is 248 g/mol. The topological polar surface area (TPSA) is 80.9 Å². The summed E-state index contributed by atoms with van der Waals surface area (Å²) in [5.41, 5.74) is 7.56. The Labute approximate surface area is 109 Å². The van der Waals surface area contributed by atoms with E-state index in [4.69, 9.17) is 5.73 Å². The van der Waals surface area contributed by atoms with Crippen LogP contribution in [0.3, 0.4) is 0 Å². The van der Waals surface area contributed by atoms with Crippen molar-refractivity contribution in [3.63, 3.8) is 0 Å². The number of hydrogen-bond donors (Lipinski definition) is 2. The predicted octanol–water partition coefficient (Wildman–Crippen LogP) is 1.49. The highest BCUT2D eigenvalue weighted by atomic mass is 32.1. The number of aromatic nitrogens is 2. The number of amides is 1. The number of hydrogen-bond acceptors (Lipinski definition) is 5. The maximum absolute atomic E-state index is 11.8. The lowest BCUT2D eigenvalue weighted by atomic mass is 10.0. The maximum Gasteiger partial charge on any atom is 0.230 e. The Hall–Kier alpha value is -1.79. The fraction of sp³-hybridized carbons (Fsp3) is 0.250. The molecule has 94 valence electrons. The van der Waals surface area contributed by atoms with E-state index in [-0.39, 0.29) is 5.91 Å². The van der Waals surface area contributed by atoms with Crippen molar-refractivity contribution in [2.24, 2.45) is 5.73 Å². The molecule has 1 amide bonds. The Balaban J connectivity index is 2.03. The number of benzene rings is 1. The number of anilines is 1. The van der Waals surface area contributed by atoms with Crippen molar-refractivity contribution >= 4 is 22.6 Å². The van der Waals surface area contributed by atoms with Crippen LogP contribution >= 0.6 is 11.5 Å². The Kier molecular flexibility index (Phi) is 4.01. The predicted molar refractivity (Wildman–Crippen MR) is 71.3 cm³/mol. The van der Waals surface area contributed by atoms with E-state index >= 15 is 0 Å². The van der Waals surface area contributed by atoms with Crippen LogP contribution < -0.4 is 11.1 Å². The molecule has 0 saturated carbocycles. The molecule has 0 fully saturated rings. The molecule has 0 aliphatic rings. The molecule has 0 saturated heterocycles. The average molecular weight is 262 g/mol. The lowest BCUT2D eigenvalue weighted by Crippen LogP contribution is -2.16. The van der Waals surface area contributed by atoms with Crippen molar-refractivity contribution < 1.29 is 4.79 Å². The number of carbonyl (C=O) groups is 1. The molecule has 3 N–H and O–H groups in total. The summed E-state index contributed by atoms with van der Waals surface area (Å²) in [5, 5.41) is 3.26. The smallest absolute Gasteiger partial charge is 0.230 e. The Morgan fingerprint density at radius 2 is 2.11 bits per heavy atom. The fourth-order valence-corrected chi connectivity index (χ4v) is 2.21. The highest BCUT2D eigenvalue weighted by Gasteiger charge is 2.09. The molecular formula is C12H14N4OS. The molecule has 2 rings (SSSR count). The molecule has 0 bridgehead atoms. The summed E-state index contributed by atoms with van der Waals surface area (Å²) in [6, 6.07) is 7.65. The summed E-state index contributed by atoms with van der Waals surface area (Å²) in [4.78, 5) is 15.9. The first-order valence-electron chi connectivity index (χ1n) is 5.56. The molecule has 0 spiro atoms. The second-order valence-corrected chi connectivity index (χ2v) is 4.60. The van der Waals surface area contributed by atoms with Gasteiger partial charge >= 0.3 is 0 Å². The summed E-state index contributed by atoms with van der Waals surface area (Å²) in [5.74, 6) is 0.560. The third-order valence-electron chi connectivity index (χ3n) is 2.46. The molecule has 2 aromatic rings. The van der Waals surface area contributed by atoms with Gasteiger partial charge in [-0.1, -0.05) is 24.3 Å². The van der Waals surface area contributed by atoms with Gasteiger partial charge in [0.2, 0.25) is 11.0 Å². The second-order valence-electron chi connectivity index (χ2n) is 3.84. The number of rotatable bonds is 4. The highest BCUT2D eigenvalue weighted by molar-refractivity contribution is 7.09. The summed E-state index contributed by atoms with van der Waals surface area (Å²) < 4.78 is 4.01. The monoisotopic (exact) mass is 262 g/mol. The van der Waals surface area contributed by atoms with Gasteiger partial charge in [0.1, 0.15) is 5.82 Å². The van der Waals surface area contributed by atoms with Crippen molar-refractivity contribution in [1.29, 1.82) is 0 Å². The van der Waals surface area contributed by atoms with Crippen LogP contribution in [0.1, 0.15) is 17.0 Å². The van der Waals surface area contributed by atoms with Crippen molar-refractivity contribution in [3.8, 4) is 0 Å². The van der Waals surface area contributed by atoms with Gasteiger partial charge in [-0.3, -0.25) is 4.79 Å². The first-order valence-corrected chi connectivity index (χ1v) is 6.33. The van der Waals surface area contributed by atoms with Gasteiger partial charge in [-0.05, 0) is 18.1 Å². The lowest BCUT2D eigenvalue weighted by Gasteiger charge is -2.06. The van der Waals surface area contributed by atoms with Crippen molar-refractivity contribution in [2.45, 2.75) is 19.9 Å². The van der Waals surface area contributed by atoms with Crippen LogP contribution in [0.25, 0.3) is 0 Å². The molecule has 0 aliphatic carbocycles. The average Bonchev–Trinajstić information content (AvgIpc) is 2.75. The number of nitrogens with one attached hydrogen (secondary N) is 1. The zero-order valence-electron chi connectivity index (χ0n) is 10.0. The number of nitrogens with zero attached hydrogens (tertiary/aromatic N) is 2. The van der Waals surface area contributed by atoms with Gasteiger partial charge in [0.25, 0.3) is 0 Å². The van der Waals surface area contributed by atoms with E-state index in [1.54, 1.807) is 6.92 Å². The van der Waals surface area contributed by atoms with E-state index < -0.39 is 0 Å². The van der Waals surface area contributed by atoms with Gasteiger partial charge in [-0.15, -0.1) is 0 Å². The molecule has 1 heterocycles. The summed E-state index contributed by atoms with van der Waals surface area (Å²) in [7, 11) is 0. The van der Waals surface area contributed by atoms with Gasteiger partial charge in [-0.25, -0.2) is 4.98 Å². The summed E-state index contributed by atoms with van der Waals surface area (Å²) in [6.07, 6.45) is 0.298. The van der Waals surface area contributed by atoms with E-state index in [2.05, 4.69) is 14.7 Å². The van der Waals surface area contributed by atoms with Crippen molar-refractivity contribution in [2.75, 3.05) is 5.32 Å². The Morgan fingerprint density at radius 1 is 1.39 bits per heavy atom. The second kappa shape index (κ2) is 5.70. The van der Waals surface area contributed by atoms with Gasteiger partial charge in [-0.2, -0.15) is 4.37 Å². The Morgan fingerprint density at radius 3 is 2.72 bits per heavy atom. The van der Waals surface area contributed by atoms with Crippen molar-refractivity contribution in [3.05, 3.63) is 41.2 Å². The largest absolute Gasteiger partial charge is 0.326 e. The SMILES string of the molecule is Cc1nsc(NC(=O)Cc2ccccc2CN)n1. The first kappa shape index (κ1) is 12.7. The third-order valence-corrected chi connectivity index (χ3v) is 3.19. The number of carbonyl (C=O) groups excluding carboxylic acids is 1. The van der Waals surface area contributed by atoms with E-state index in [1.807, 2.05) is 24.3 Å². The normalized spacial score (nSPS) is 10.3. The van der Waals surface area contributed by atoms with Crippen LogP contribution in [0, 0.1) is 6.92 Å². The molecule has 0 atom stereocenters. The quantitative estimate of drug-likeness (QED) is 0.874. The first-order chi connectivity index (χ1) is 8.69. The third kappa shape index (κ3) is 3.12. The van der Waals surface area contributed by atoms with E-state index in [1.165, 1.54) is 11.5 Å². The molecule has 0 unspecified atom stereocenters. The molecule has 0 aliphatic heterocycles. The van der Waals surface area contributed by atoms with Gasteiger partial charge in [0.15, 0.2) is 0 Å². The van der Waals surface area contributed by atoms with Crippen LogP contribution in [0.4, 0.5) is 5.13 Å². The minimum absolute atomic E-state index is 0.105. The lowest BCUT2D eigenvalue weighted by molar-refractivity contribution is -0.115. The number of nitrogens with two attached hydrogens (primary N) is 1. The van der Waals surface area contributed by atoms with E-state index in [9.17, 15) is 4.79 Å². The zero-order chi connectivity index (χ0) is 13.0. The summed E-state index contributed by atoms with van der Waals surface area (Å²) in [6.45, 7) is 2.22.